The van der Waals surface area contributed by atoms with E-state index < -0.39 is 0 Å². The summed E-state index contributed by atoms with van der Waals surface area (Å²) in [6.07, 6.45) is 4.38. The van der Waals surface area contributed by atoms with Crippen LogP contribution in [0, 0.1) is 12.8 Å². The Kier molecular flexibility index (Phi) is 6.55. The van der Waals surface area contributed by atoms with Gasteiger partial charge in [-0.05, 0) is 49.6 Å². The van der Waals surface area contributed by atoms with Gasteiger partial charge in [0.25, 0.3) is 5.91 Å². The average molecular weight is 449 g/mol. The summed E-state index contributed by atoms with van der Waals surface area (Å²) >= 11 is 1.59. The van der Waals surface area contributed by atoms with Crippen molar-refractivity contribution in [1.29, 1.82) is 0 Å². The number of aromatic nitrogens is 3. The number of aryl methyl sites for hydroxylation is 1. The van der Waals surface area contributed by atoms with E-state index in [0.717, 1.165) is 45.5 Å². The van der Waals surface area contributed by atoms with Crippen LogP contribution in [-0.2, 0) is 13.0 Å². The van der Waals surface area contributed by atoms with Crippen molar-refractivity contribution in [3.8, 4) is 22.0 Å². The molecule has 32 heavy (non-hydrogen) atoms. The predicted molar refractivity (Wildman–Crippen MR) is 128 cm³/mol. The molecule has 0 atom stereocenters. The number of hydrogen-bond donors (Lipinski definition) is 1. The average Bonchev–Trinajstić information content (AvgIpc) is 3.54. The smallest absolute Gasteiger partial charge is 0.253 e. The maximum absolute atomic E-state index is 12.9. The number of carbonyl (C=O) groups is 1. The molecule has 4 aromatic rings. The Morgan fingerprint density at radius 3 is 2.84 bits per heavy atom. The Morgan fingerprint density at radius 1 is 1.28 bits per heavy atom. The van der Waals surface area contributed by atoms with E-state index in [1.165, 1.54) is 0 Å². The number of rotatable bonds is 8. The second-order valence-electron chi connectivity index (χ2n) is 8.23. The normalized spacial score (nSPS) is 11.3. The summed E-state index contributed by atoms with van der Waals surface area (Å²) in [6, 6.07) is 9.83. The van der Waals surface area contributed by atoms with E-state index in [1.54, 1.807) is 17.6 Å². The van der Waals surface area contributed by atoms with E-state index in [0.29, 0.717) is 24.6 Å². The highest BCUT2D eigenvalue weighted by atomic mass is 32.1. The van der Waals surface area contributed by atoms with Gasteiger partial charge in [-0.3, -0.25) is 9.78 Å². The molecule has 4 aromatic heterocycles. The Morgan fingerprint density at radius 2 is 2.12 bits per heavy atom. The molecule has 0 aliphatic carbocycles. The Balaban J connectivity index is 1.73. The number of nitrogens with zero attached hydrogens (tertiary/aromatic N) is 3. The van der Waals surface area contributed by atoms with E-state index in [1.807, 2.05) is 42.8 Å². The second kappa shape index (κ2) is 9.53. The van der Waals surface area contributed by atoms with Crippen molar-refractivity contribution in [2.75, 3.05) is 6.54 Å². The summed E-state index contributed by atoms with van der Waals surface area (Å²) < 4.78 is 7.69. The van der Waals surface area contributed by atoms with Gasteiger partial charge in [0.05, 0.1) is 29.8 Å². The molecule has 0 aliphatic heterocycles. The van der Waals surface area contributed by atoms with Gasteiger partial charge in [-0.25, -0.2) is 4.98 Å². The molecule has 1 amide bonds. The molecule has 6 nitrogen and oxygen atoms in total. The minimum atomic E-state index is -0.0622. The fourth-order valence-corrected chi connectivity index (χ4v) is 4.38. The van der Waals surface area contributed by atoms with E-state index in [2.05, 4.69) is 41.7 Å². The van der Waals surface area contributed by atoms with Crippen molar-refractivity contribution in [2.45, 2.75) is 40.7 Å². The zero-order valence-corrected chi connectivity index (χ0v) is 19.7. The van der Waals surface area contributed by atoms with Crippen LogP contribution in [-0.4, -0.2) is 27.0 Å². The maximum atomic E-state index is 12.9. The molecular weight excluding hydrogens is 420 g/mol. The Hall–Kier alpha value is -3.19. The molecule has 0 saturated heterocycles. The number of hydrogen-bond acceptors (Lipinski definition) is 5. The molecule has 0 fully saturated rings. The molecule has 0 aromatic carbocycles. The fraction of sp³-hybridized carbons (Fsp3) is 0.320. The molecule has 7 heteroatoms. The van der Waals surface area contributed by atoms with E-state index in [-0.39, 0.29) is 5.91 Å². The molecule has 0 aliphatic rings. The monoisotopic (exact) mass is 448 g/mol. The summed E-state index contributed by atoms with van der Waals surface area (Å²) in [5.74, 6) is 1.16. The fourth-order valence-electron chi connectivity index (χ4n) is 3.57. The second-order valence-corrected chi connectivity index (χ2v) is 9.08. The van der Waals surface area contributed by atoms with E-state index in [9.17, 15) is 4.79 Å². The summed E-state index contributed by atoms with van der Waals surface area (Å²) in [5.41, 5.74) is 5.41. The quantitative estimate of drug-likeness (QED) is 0.382. The number of carbonyl (C=O) groups excluding carboxylic acids is 1. The van der Waals surface area contributed by atoms with Crippen LogP contribution in [0.4, 0.5) is 0 Å². The third kappa shape index (κ3) is 4.67. The highest BCUT2D eigenvalue weighted by molar-refractivity contribution is 7.13. The lowest BCUT2D eigenvalue weighted by molar-refractivity contribution is 0.0948. The van der Waals surface area contributed by atoms with Crippen molar-refractivity contribution >= 4 is 17.2 Å². The van der Waals surface area contributed by atoms with Crippen molar-refractivity contribution < 1.29 is 9.21 Å². The molecule has 0 saturated carbocycles. The Bertz CT molecular complexity index is 1200. The van der Waals surface area contributed by atoms with Crippen LogP contribution < -0.4 is 5.32 Å². The number of thiazole rings is 1. The predicted octanol–water partition coefficient (Wildman–Crippen LogP) is 5.57. The minimum Gasteiger partial charge on any atom is -0.467 e. The van der Waals surface area contributed by atoms with Crippen LogP contribution in [0.15, 0.2) is 52.6 Å². The first-order valence-electron chi connectivity index (χ1n) is 10.9. The summed E-state index contributed by atoms with van der Waals surface area (Å²) in [5, 5.41) is 6.02. The largest absolute Gasteiger partial charge is 0.467 e. The van der Waals surface area contributed by atoms with Gasteiger partial charge in [-0.1, -0.05) is 20.8 Å². The molecule has 1 N–H and O–H groups in total. The van der Waals surface area contributed by atoms with Crippen molar-refractivity contribution in [3.05, 3.63) is 70.9 Å². The summed E-state index contributed by atoms with van der Waals surface area (Å²) in [4.78, 5) is 22.2. The summed E-state index contributed by atoms with van der Waals surface area (Å²) in [7, 11) is 0. The van der Waals surface area contributed by atoms with Gasteiger partial charge >= 0.3 is 0 Å². The van der Waals surface area contributed by atoms with Gasteiger partial charge in [0, 0.05) is 35.1 Å². The van der Waals surface area contributed by atoms with Crippen LogP contribution >= 0.6 is 11.3 Å². The zero-order valence-electron chi connectivity index (χ0n) is 18.9. The first-order chi connectivity index (χ1) is 15.5. The van der Waals surface area contributed by atoms with Gasteiger partial charge < -0.3 is 14.3 Å². The van der Waals surface area contributed by atoms with Crippen LogP contribution in [0.5, 0.6) is 0 Å². The summed E-state index contributed by atoms with van der Waals surface area (Å²) in [6.45, 7) is 9.41. The number of amides is 1. The standard InChI is InChI=1S/C25H28N4O2S/c1-5-19-11-18(8-9-26-19)25-28-22(15-32-25)23-12-21(24(30)27-13-16(2)3)17(4)29(23)14-20-7-6-10-31-20/h6-12,15-16H,5,13-14H2,1-4H3,(H,27,30). The van der Waals surface area contributed by atoms with Crippen LogP contribution in [0.1, 0.15) is 48.3 Å². The van der Waals surface area contributed by atoms with E-state index in [4.69, 9.17) is 9.40 Å². The highest BCUT2D eigenvalue weighted by Gasteiger charge is 2.21. The SMILES string of the molecule is CCc1cc(-c2nc(-c3cc(C(=O)NCC(C)C)c(C)n3Cc3ccco3)cs2)ccn1. The van der Waals surface area contributed by atoms with Gasteiger partial charge in [0.2, 0.25) is 0 Å². The Labute approximate surface area is 192 Å². The van der Waals surface area contributed by atoms with E-state index >= 15 is 0 Å². The van der Waals surface area contributed by atoms with Gasteiger partial charge in [0.1, 0.15) is 10.8 Å². The van der Waals surface area contributed by atoms with Crippen LogP contribution in [0.25, 0.3) is 22.0 Å². The number of furan rings is 1. The van der Waals surface area contributed by atoms with Crippen LogP contribution in [0.3, 0.4) is 0 Å². The zero-order chi connectivity index (χ0) is 22.7. The number of pyridine rings is 1. The topological polar surface area (TPSA) is 73.0 Å². The third-order valence-electron chi connectivity index (χ3n) is 5.37. The van der Waals surface area contributed by atoms with Gasteiger partial charge in [-0.2, -0.15) is 0 Å². The molecule has 0 bridgehead atoms. The first kappa shape index (κ1) is 22.0. The van der Waals surface area contributed by atoms with Crippen molar-refractivity contribution in [3.63, 3.8) is 0 Å². The van der Waals surface area contributed by atoms with Crippen molar-refractivity contribution in [1.82, 2.24) is 19.9 Å². The maximum Gasteiger partial charge on any atom is 0.253 e. The lowest BCUT2D eigenvalue weighted by Gasteiger charge is -2.10. The number of nitrogens with one attached hydrogen (secondary N) is 1. The molecular formula is C25H28N4O2S. The lowest BCUT2D eigenvalue weighted by atomic mass is 10.2. The molecule has 166 valence electrons. The first-order valence-corrected chi connectivity index (χ1v) is 11.8. The third-order valence-corrected chi connectivity index (χ3v) is 6.26. The lowest BCUT2D eigenvalue weighted by Crippen LogP contribution is -2.27. The van der Waals surface area contributed by atoms with Gasteiger partial charge in [-0.15, -0.1) is 11.3 Å². The molecule has 4 heterocycles. The van der Waals surface area contributed by atoms with Gasteiger partial charge in [0.15, 0.2) is 0 Å². The molecule has 4 rings (SSSR count). The molecule has 0 spiro atoms. The highest BCUT2D eigenvalue weighted by Crippen LogP contribution is 2.32. The molecule has 0 radical (unpaired) electrons. The van der Waals surface area contributed by atoms with Crippen LogP contribution in [0.2, 0.25) is 0 Å². The molecule has 0 unspecified atom stereocenters. The minimum absolute atomic E-state index is 0.0622. The van der Waals surface area contributed by atoms with Crippen molar-refractivity contribution in [2.24, 2.45) is 5.92 Å².